The molecule has 1 saturated heterocycles. The summed E-state index contributed by atoms with van der Waals surface area (Å²) in [6, 6.07) is -0.452. The first-order valence-electron chi connectivity index (χ1n) is 5.41. The van der Waals surface area contributed by atoms with Crippen molar-refractivity contribution in [1.29, 1.82) is 0 Å². The Morgan fingerprint density at radius 2 is 1.94 bits per heavy atom. The highest BCUT2D eigenvalue weighted by atomic mass is 19.4. The van der Waals surface area contributed by atoms with E-state index in [2.05, 4.69) is 5.32 Å². The largest absolute Gasteiger partial charge is 0.426 e. The number of alkyl halides is 3. The maximum Gasteiger partial charge on any atom is 0.426 e. The topological polar surface area (TPSA) is 52.6 Å². The first-order chi connectivity index (χ1) is 7.57. The average molecular weight is 254 g/mol. The molecule has 1 aliphatic heterocycles. The van der Waals surface area contributed by atoms with Gasteiger partial charge in [-0.15, -0.1) is 0 Å². The average Bonchev–Trinajstić information content (AvgIpc) is 2.19. The van der Waals surface area contributed by atoms with Crippen molar-refractivity contribution in [2.24, 2.45) is 0 Å². The van der Waals surface area contributed by atoms with E-state index in [9.17, 15) is 23.1 Å². The Kier molecular flexibility index (Phi) is 3.73. The highest BCUT2D eigenvalue weighted by molar-refractivity contribution is 5.86. The zero-order valence-electron chi connectivity index (χ0n) is 10.0. The number of hydrogen-bond donors (Lipinski definition) is 2. The van der Waals surface area contributed by atoms with Crippen molar-refractivity contribution < 1.29 is 23.1 Å². The van der Waals surface area contributed by atoms with Gasteiger partial charge in [-0.2, -0.15) is 13.2 Å². The van der Waals surface area contributed by atoms with E-state index < -0.39 is 17.7 Å². The summed E-state index contributed by atoms with van der Waals surface area (Å²) in [5.74, 6) is -1.29. The molecule has 7 heteroatoms. The molecule has 0 saturated carbocycles. The molecule has 2 N–H and O–H groups in total. The van der Waals surface area contributed by atoms with Crippen LogP contribution in [0.15, 0.2) is 0 Å². The second-order valence-corrected chi connectivity index (χ2v) is 4.69. The number of carbonyl (C=O) groups is 1. The lowest BCUT2D eigenvalue weighted by atomic mass is 10.0. The molecule has 0 bridgehead atoms. The molecule has 0 aromatic carbocycles. The van der Waals surface area contributed by atoms with Gasteiger partial charge in [0.15, 0.2) is 0 Å². The molecule has 4 nitrogen and oxygen atoms in total. The van der Waals surface area contributed by atoms with Gasteiger partial charge in [0.1, 0.15) is 0 Å². The van der Waals surface area contributed by atoms with Crippen LogP contribution >= 0.6 is 0 Å². The van der Waals surface area contributed by atoms with Crippen molar-refractivity contribution in [3.8, 4) is 0 Å². The van der Waals surface area contributed by atoms with Gasteiger partial charge >= 0.3 is 6.18 Å². The van der Waals surface area contributed by atoms with Gasteiger partial charge in [0.2, 0.25) is 5.60 Å². The Bertz CT molecular complexity index is 304. The fraction of sp³-hybridized carbons (Fsp3) is 0.900. The summed E-state index contributed by atoms with van der Waals surface area (Å²) in [7, 11) is 0. The van der Waals surface area contributed by atoms with Gasteiger partial charge in [0.25, 0.3) is 5.91 Å². The number of halogens is 3. The summed E-state index contributed by atoms with van der Waals surface area (Å²) < 4.78 is 37.6. The van der Waals surface area contributed by atoms with E-state index in [0.29, 0.717) is 13.5 Å². The molecule has 1 heterocycles. The minimum atomic E-state index is -4.96. The van der Waals surface area contributed by atoms with Crippen LogP contribution in [0.2, 0.25) is 0 Å². The second-order valence-electron chi connectivity index (χ2n) is 4.69. The van der Waals surface area contributed by atoms with Gasteiger partial charge in [-0.3, -0.25) is 4.79 Å². The number of nitrogens with one attached hydrogen (secondary N) is 1. The molecule has 1 rings (SSSR count). The molecule has 1 amide bonds. The van der Waals surface area contributed by atoms with Crippen molar-refractivity contribution in [2.75, 3.05) is 13.1 Å². The molecule has 3 unspecified atom stereocenters. The Balaban J connectivity index is 2.88. The fourth-order valence-corrected chi connectivity index (χ4v) is 1.71. The van der Waals surface area contributed by atoms with Gasteiger partial charge in [0, 0.05) is 25.2 Å². The summed E-state index contributed by atoms with van der Waals surface area (Å²) in [4.78, 5) is 12.8. The van der Waals surface area contributed by atoms with Crippen LogP contribution in [-0.4, -0.2) is 52.9 Å². The minimum absolute atomic E-state index is 0.0841. The van der Waals surface area contributed by atoms with E-state index in [4.69, 9.17) is 0 Å². The maximum absolute atomic E-state index is 12.5. The van der Waals surface area contributed by atoms with Crippen LogP contribution in [0.1, 0.15) is 20.8 Å². The number of hydrogen-bond acceptors (Lipinski definition) is 3. The molecular weight excluding hydrogens is 237 g/mol. The van der Waals surface area contributed by atoms with Crippen LogP contribution in [0.25, 0.3) is 0 Å². The van der Waals surface area contributed by atoms with E-state index >= 15 is 0 Å². The summed E-state index contributed by atoms with van der Waals surface area (Å²) in [6.07, 6.45) is -4.96. The molecule has 0 aliphatic carbocycles. The molecule has 1 aliphatic rings. The first kappa shape index (κ1) is 14.2. The normalized spacial score (nSPS) is 29.9. The quantitative estimate of drug-likeness (QED) is 0.717. The lowest BCUT2D eigenvalue weighted by Crippen LogP contribution is -2.63. The lowest BCUT2D eigenvalue weighted by molar-refractivity contribution is -0.251. The van der Waals surface area contributed by atoms with E-state index in [-0.39, 0.29) is 18.6 Å². The molecule has 3 atom stereocenters. The fourth-order valence-electron chi connectivity index (χ4n) is 1.71. The molecule has 100 valence electrons. The maximum atomic E-state index is 12.5. The highest BCUT2D eigenvalue weighted by Gasteiger charge is 2.57. The molecule has 17 heavy (non-hydrogen) atoms. The van der Waals surface area contributed by atoms with E-state index in [1.54, 1.807) is 13.8 Å². The van der Waals surface area contributed by atoms with Crippen LogP contribution in [0, 0.1) is 0 Å². The van der Waals surface area contributed by atoms with Crippen LogP contribution < -0.4 is 5.32 Å². The summed E-state index contributed by atoms with van der Waals surface area (Å²) in [6.45, 7) is 4.49. The summed E-state index contributed by atoms with van der Waals surface area (Å²) >= 11 is 0. The van der Waals surface area contributed by atoms with Crippen LogP contribution in [0.4, 0.5) is 13.2 Å². The van der Waals surface area contributed by atoms with Crippen molar-refractivity contribution in [3.05, 3.63) is 0 Å². The number of aliphatic hydroxyl groups is 1. The van der Waals surface area contributed by atoms with Crippen LogP contribution in [0.5, 0.6) is 0 Å². The second kappa shape index (κ2) is 4.45. The van der Waals surface area contributed by atoms with Gasteiger partial charge in [-0.25, -0.2) is 0 Å². The monoisotopic (exact) mass is 254 g/mol. The van der Waals surface area contributed by atoms with Gasteiger partial charge in [-0.05, 0) is 20.8 Å². The third kappa shape index (κ3) is 2.71. The SMILES string of the molecule is CC1CN(C(=O)C(C)(O)C(F)(F)F)C(C)CN1. The zero-order chi connectivity index (χ0) is 13.4. The van der Waals surface area contributed by atoms with Gasteiger partial charge < -0.3 is 15.3 Å². The Labute approximate surface area is 97.8 Å². The number of rotatable bonds is 1. The number of nitrogens with zero attached hydrogens (tertiary/aromatic N) is 1. The predicted octanol–water partition coefficient (Wildman–Crippen LogP) is 0.509. The first-order valence-corrected chi connectivity index (χ1v) is 5.41. The van der Waals surface area contributed by atoms with E-state index in [1.807, 2.05) is 0 Å². The summed E-state index contributed by atoms with van der Waals surface area (Å²) in [5, 5.41) is 12.4. The van der Waals surface area contributed by atoms with Crippen LogP contribution in [0.3, 0.4) is 0 Å². The number of carbonyl (C=O) groups excluding carboxylic acids is 1. The third-order valence-corrected chi connectivity index (χ3v) is 2.99. The number of piperazine rings is 1. The van der Waals surface area contributed by atoms with Gasteiger partial charge in [-0.1, -0.05) is 0 Å². The Morgan fingerprint density at radius 1 is 1.41 bits per heavy atom. The van der Waals surface area contributed by atoms with Crippen molar-refractivity contribution in [2.45, 2.75) is 44.6 Å². The molecule has 0 aromatic rings. The smallest absolute Gasteiger partial charge is 0.373 e. The Hall–Kier alpha value is -0.820. The van der Waals surface area contributed by atoms with Gasteiger partial charge in [0.05, 0.1) is 0 Å². The zero-order valence-corrected chi connectivity index (χ0v) is 10.0. The molecule has 1 fully saturated rings. The van der Waals surface area contributed by atoms with Crippen LogP contribution in [-0.2, 0) is 4.79 Å². The van der Waals surface area contributed by atoms with E-state index in [0.717, 1.165) is 4.90 Å². The molecule has 0 aromatic heterocycles. The van der Waals surface area contributed by atoms with Crippen molar-refractivity contribution in [3.63, 3.8) is 0 Å². The Morgan fingerprint density at radius 3 is 2.41 bits per heavy atom. The number of amides is 1. The molecule has 0 spiro atoms. The summed E-state index contributed by atoms with van der Waals surface area (Å²) in [5.41, 5.74) is -3.32. The minimum Gasteiger partial charge on any atom is -0.373 e. The highest BCUT2D eigenvalue weighted by Crippen LogP contribution is 2.32. The van der Waals surface area contributed by atoms with E-state index in [1.165, 1.54) is 0 Å². The molecular formula is C10H17F3N2O2. The molecule has 0 radical (unpaired) electrons. The third-order valence-electron chi connectivity index (χ3n) is 2.99. The predicted molar refractivity (Wildman–Crippen MR) is 55.3 cm³/mol. The van der Waals surface area contributed by atoms with Crippen molar-refractivity contribution in [1.82, 2.24) is 10.2 Å². The standard InChI is InChI=1S/C10H17F3N2O2/c1-6-5-15(7(2)4-14-6)8(16)9(3,17)10(11,12)13/h6-7,14,17H,4-5H2,1-3H3. The lowest BCUT2D eigenvalue weighted by Gasteiger charge is -2.41. The van der Waals surface area contributed by atoms with Crippen molar-refractivity contribution >= 4 is 5.91 Å².